The van der Waals surface area contributed by atoms with Gasteiger partial charge in [-0.1, -0.05) is 17.3 Å². The number of hydrogen-bond donors (Lipinski definition) is 0. The fraction of sp³-hybridized carbons (Fsp3) is 0.429. The molecule has 0 aliphatic carbocycles. The predicted octanol–water partition coefficient (Wildman–Crippen LogP) is 1.06. The van der Waals surface area contributed by atoms with Gasteiger partial charge in [-0.15, -0.1) is 0 Å². The zero-order valence-electron chi connectivity index (χ0n) is 18.9. The Morgan fingerprint density at radius 1 is 1.15 bits per heavy atom. The van der Waals surface area contributed by atoms with Crippen LogP contribution in [0, 0.1) is 20.8 Å². The Morgan fingerprint density at radius 3 is 2.52 bits per heavy atom. The van der Waals surface area contributed by atoms with Gasteiger partial charge in [-0.05, 0) is 38.0 Å². The number of benzene rings is 1. The Balaban J connectivity index is 1.55. The highest BCUT2D eigenvalue weighted by atomic mass is 32.2. The third-order valence-electron chi connectivity index (χ3n) is 5.76. The molecule has 3 heterocycles. The van der Waals surface area contributed by atoms with Gasteiger partial charge in [-0.2, -0.15) is 9.40 Å². The molecule has 0 spiro atoms. The number of esters is 1. The molecule has 33 heavy (non-hydrogen) atoms. The number of aromatic nitrogens is 3. The minimum atomic E-state index is -3.63. The van der Waals surface area contributed by atoms with Crippen LogP contribution in [-0.4, -0.2) is 71.8 Å². The van der Waals surface area contributed by atoms with Crippen molar-refractivity contribution in [2.24, 2.45) is 0 Å². The van der Waals surface area contributed by atoms with Crippen molar-refractivity contribution >= 4 is 26.9 Å². The van der Waals surface area contributed by atoms with E-state index in [1.165, 1.54) is 11.4 Å². The summed E-state index contributed by atoms with van der Waals surface area (Å²) >= 11 is 0. The molecule has 1 saturated heterocycles. The Bertz CT molecular complexity index is 1390. The van der Waals surface area contributed by atoms with Crippen molar-refractivity contribution in [3.05, 3.63) is 51.1 Å². The van der Waals surface area contributed by atoms with E-state index in [4.69, 9.17) is 9.26 Å². The van der Waals surface area contributed by atoms with Gasteiger partial charge in [-0.25, -0.2) is 17.9 Å². The summed E-state index contributed by atoms with van der Waals surface area (Å²) in [4.78, 5) is 27.3. The predicted molar refractivity (Wildman–Crippen MR) is 118 cm³/mol. The number of carbonyl (C=O) groups excluding carboxylic acids is 1. The van der Waals surface area contributed by atoms with E-state index < -0.39 is 21.6 Å². The third-order valence-corrected chi connectivity index (χ3v) is 7.80. The summed E-state index contributed by atoms with van der Waals surface area (Å²) in [7, 11) is -2.40. The average molecular weight is 476 g/mol. The number of hydrogen-bond acceptors (Lipinski definition) is 9. The van der Waals surface area contributed by atoms with Crippen molar-refractivity contribution in [2.75, 3.05) is 33.3 Å². The number of carbonyl (C=O) groups is 1. The fourth-order valence-corrected chi connectivity index (χ4v) is 5.63. The maximum absolute atomic E-state index is 13.2. The zero-order valence-corrected chi connectivity index (χ0v) is 19.7. The number of fused-ring (bicyclic) bond motifs is 1. The lowest BCUT2D eigenvalue weighted by molar-refractivity contribution is 0.0590. The smallest absolute Gasteiger partial charge is 0.359 e. The van der Waals surface area contributed by atoms with Crippen LogP contribution < -0.4 is 5.56 Å². The second kappa shape index (κ2) is 8.69. The van der Waals surface area contributed by atoms with Gasteiger partial charge in [0.25, 0.3) is 5.56 Å². The first-order valence-corrected chi connectivity index (χ1v) is 11.8. The molecule has 0 bridgehead atoms. The van der Waals surface area contributed by atoms with Gasteiger partial charge in [0.1, 0.15) is 5.76 Å². The molecule has 12 heteroatoms. The molecule has 4 rings (SSSR count). The van der Waals surface area contributed by atoms with Gasteiger partial charge in [-0.3, -0.25) is 9.69 Å². The first-order valence-electron chi connectivity index (χ1n) is 10.4. The largest absolute Gasteiger partial charge is 0.464 e. The van der Waals surface area contributed by atoms with Crippen molar-refractivity contribution < 1.29 is 22.5 Å². The Labute approximate surface area is 190 Å². The molecule has 0 N–H and O–H groups in total. The molecule has 2 aromatic heterocycles. The summed E-state index contributed by atoms with van der Waals surface area (Å²) in [6.07, 6.45) is 0. The minimum absolute atomic E-state index is 0.000892. The molecule has 0 atom stereocenters. The van der Waals surface area contributed by atoms with Crippen molar-refractivity contribution in [3.63, 3.8) is 0 Å². The van der Waals surface area contributed by atoms with Crippen molar-refractivity contribution in [2.45, 2.75) is 32.3 Å². The molecule has 1 fully saturated rings. The van der Waals surface area contributed by atoms with Crippen molar-refractivity contribution in [1.29, 1.82) is 0 Å². The van der Waals surface area contributed by atoms with Crippen LogP contribution in [0.1, 0.15) is 27.4 Å². The quantitative estimate of drug-likeness (QED) is 0.498. The molecule has 11 nitrogen and oxygen atoms in total. The zero-order chi connectivity index (χ0) is 23.9. The van der Waals surface area contributed by atoms with Gasteiger partial charge in [0.05, 0.1) is 24.1 Å². The van der Waals surface area contributed by atoms with E-state index in [0.717, 1.165) is 10.2 Å². The average Bonchev–Trinajstić information content (AvgIpc) is 3.19. The van der Waals surface area contributed by atoms with Crippen LogP contribution in [0.4, 0.5) is 0 Å². The number of sulfonamides is 1. The molecular formula is C21H25N5O6S. The Hall–Kier alpha value is -3.09. The molecule has 0 amide bonds. The monoisotopic (exact) mass is 475 g/mol. The van der Waals surface area contributed by atoms with E-state index >= 15 is 0 Å². The topological polar surface area (TPSA) is 128 Å². The molecule has 1 aliphatic rings. The minimum Gasteiger partial charge on any atom is -0.464 e. The number of piperazine rings is 1. The van der Waals surface area contributed by atoms with Gasteiger partial charge in [0, 0.05) is 26.2 Å². The van der Waals surface area contributed by atoms with Crippen LogP contribution in [0.3, 0.4) is 0 Å². The number of methoxy groups -OCH3 is 1. The standard InChI is InChI=1S/C21H25N5O6S/c1-13-5-6-14(2)16(11-13)33(29,30)25-9-7-24(8-10-25)12-26-20(27)18-17(15(3)32-23-18)19(22-26)21(28)31-4/h5-6,11H,7-10,12H2,1-4H3. The maximum atomic E-state index is 13.2. The van der Waals surface area contributed by atoms with Crippen molar-refractivity contribution in [1.82, 2.24) is 24.1 Å². The SMILES string of the molecule is COC(=O)c1nn(CN2CCN(S(=O)(=O)c3cc(C)ccc3C)CC2)c(=O)c2noc(C)c12. The summed E-state index contributed by atoms with van der Waals surface area (Å²) < 4.78 is 38.8. The Morgan fingerprint density at radius 2 is 1.85 bits per heavy atom. The third kappa shape index (κ3) is 4.16. The van der Waals surface area contributed by atoms with E-state index in [9.17, 15) is 18.0 Å². The van der Waals surface area contributed by atoms with Gasteiger partial charge >= 0.3 is 5.97 Å². The number of aryl methyl sites for hydroxylation is 3. The normalized spacial score (nSPS) is 15.8. The lowest BCUT2D eigenvalue weighted by Gasteiger charge is -2.34. The first kappa shape index (κ1) is 23.1. The lowest BCUT2D eigenvalue weighted by Crippen LogP contribution is -2.50. The number of nitrogens with zero attached hydrogens (tertiary/aromatic N) is 5. The van der Waals surface area contributed by atoms with Crippen LogP contribution in [0.25, 0.3) is 10.9 Å². The second-order valence-corrected chi connectivity index (χ2v) is 9.95. The van der Waals surface area contributed by atoms with E-state index in [2.05, 4.69) is 10.3 Å². The van der Waals surface area contributed by atoms with Crippen LogP contribution in [0.5, 0.6) is 0 Å². The summed E-state index contributed by atoms with van der Waals surface area (Å²) in [5.41, 5.74) is 1.02. The summed E-state index contributed by atoms with van der Waals surface area (Å²) in [6.45, 7) is 6.60. The lowest BCUT2D eigenvalue weighted by atomic mass is 10.2. The molecule has 0 saturated carbocycles. The molecule has 176 valence electrons. The summed E-state index contributed by atoms with van der Waals surface area (Å²) in [6, 6.07) is 5.37. The summed E-state index contributed by atoms with van der Waals surface area (Å²) in [5, 5.41) is 8.20. The Kier molecular flexibility index (Phi) is 6.08. The van der Waals surface area contributed by atoms with Crippen molar-refractivity contribution in [3.8, 4) is 0 Å². The fourth-order valence-electron chi connectivity index (χ4n) is 3.90. The first-order chi connectivity index (χ1) is 15.6. The molecule has 3 aromatic rings. The summed E-state index contributed by atoms with van der Waals surface area (Å²) in [5.74, 6) is -0.406. The number of ether oxygens (including phenoxy) is 1. The molecule has 1 aliphatic heterocycles. The van der Waals surface area contributed by atoms with Crippen LogP contribution in [0.15, 0.2) is 32.4 Å². The second-order valence-electron chi connectivity index (χ2n) is 8.04. The highest BCUT2D eigenvalue weighted by molar-refractivity contribution is 7.89. The highest BCUT2D eigenvalue weighted by Gasteiger charge is 2.30. The van der Waals surface area contributed by atoms with Gasteiger partial charge < -0.3 is 9.26 Å². The van der Waals surface area contributed by atoms with Gasteiger partial charge in [0.2, 0.25) is 10.0 Å². The van der Waals surface area contributed by atoms with Crippen LogP contribution in [-0.2, 0) is 21.4 Å². The van der Waals surface area contributed by atoms with Gasteiger partial charge in [0.15, 0.2) is 11.2 Å². The molecule has 0 radical (unpaired) electrons. The van der Waals surface area contributed by atoms with Crippen LogP contribution >= 0.6 is 0 Å². The highest BCUT2D eigenvalue weighted by Crippen LogP contribution is 2.23. The maximum Gasteiger partial charge on any atom is 0.359 e. The molecule has 1 aromatic carbocycles. The molecule has 0 unspecified atom stereocenters. The van der Waals surface area contributed by atoms with E-state index in [0.29, 0.717) is 29.3 Å². The van der Waals surface area contributed by atoms with E-state index in [-0.39, 0.29) is 36.4 Å². The number of rotatable bonds is 5. The van der Waals surface area contributed by atoms with E-state index in [1.807, 2.05) is 17.9 Å². The van der Waals surface area contributed by atoms with E-state index in [1.54, 1.807) is 26.0 Å². The molecular weight excluding hydrogens is 450 g/mol. The van der Waals surface area contributed by atoms with Crippen LogP contribution in [0.2, 0.25) is 0 Å².